The van der Waals surface area contributed by atoms with Gasteiger partial charge < -0.3 is 4.74 Å². The number of benzene rings is 3. The molecule has 0 aliphatic rings. The second-order valence-electron chi connectivity index (χ2n) is 9.70. The van der Waals surface area contributed by atoms with Crippen LogP contribution >= 0.6 is 11.3 Å². The zero-order chi connectivity index (χ0) is 28.2. The summed E-state index contributed by atoms with van der Waals surface area (Å²) < 4.78 is 6.16. The maximum absolute atomic E-state index is 13.1. The SMILES string of the molecule is C=C(NN(C)C(=O)N(C)c1nc(-c2ccccc2)cs1)C(C)(C)Oc1ccc(C(=O)c2ccc(C)cc2)cc1. The van der Waals surface area contributed by atoms with Crippen LogP contribution in [0.5, 0.6) is 5.75 Å². The lowest BCUT2D eigenvalue weighted by Gasteiger charge is -2.33. The third-order valence-electron chi connectivity index (χ3n) is 6.26. The van der Waals surface area contributed by atoms with Gasteiger partial charge in [-0.3, -0.25) is 15.1 Å². The summed E-state index contributed by atoms with van der Waals surface area (Å²) in [5, 5.41) is 3.85. The number of hydrazine groups is 1. The summed E-state index contributed by atoms with van der Waals surface area (Å²) in [6.07, 6.45) is 0. The van der Waals surface area contributed by atoms with E-state index in [2.05, 4.69) is 17.0 Å². The average molecular weight is 541 g/mol. The number of rotatable bonds is 9. The van der Waals surface area contributed by atoms with E-state index in [1.807, 2.05) is 80.7 Å². The molecular formula is C31H32N4O3S. The molecule has 2 amide bonds. The number of hydrogen-bond donors (Lipinski definition) is 1. The molecule has 0 aliphatic carbocycles. The molecule has 3 aromatic carbocycles. The normalized spacial score (nSPS) is 11.0. The van der Waals surface area contributed by atoms with E-state index in [9.17, 15) is 9.59 Å². The molecule has 7 nitrogen and oxygen atoms in total. The molecule has 0 atom stereocenters. The molecule has 1 aromatic heterocycles. The van der Waals surface area contributed by atoms with E-state index >= 15 is 0 Å². The fraction of sp³-hybridized carbons (Fsp3) is 0.194. The topological polar surface area (TPSA) is 74.8 Å². The van der Waals surface area contributed by atoms with Crippen LogP contribution in [0.15, 0.2) is 96.5 Å². The van der Waals surface area contributed by atoms with Crippen molar-refractivity contribution in [2.24, 2.45) is 0 Å². The van der Waals surface area contributed by atoms with Gasteiger partial charge in [0, 0.05) is 36.2 Å². The number of ketones is 1. The monoisotopic (exact) mass is 540 g/mol. The molecule has 8 heteroatoms. The van der Waals surface area contributed by atoms with Crippen LogP contribution in [0.2, 0.25) is 0 Å². The molecule has 4 rings (SSSR count). The Bertz CT molecular complexity index is 1460. The number of carbonyl (C=O) groups excluding carboxylic acids is 2. The lowest BCUT2D eigenvalue weighted by atomic mass is 10.0. The van der Waals surface area contributed by atoms with Crippen molar-refractivity contribution >= 4 is 28.3 Å². The van der Waals surface area contributed by atoms with Crippen molar-refractivity contribution in [2.75, 3.05) is 19.0 Å². The highest BCUT2D eigenvalue weighted by Crippen LogP contribution is 2.28. The highest BCUT2D eigenvalue weighted by atomic mass is 32.1. The number of aromatic nitrogens is 1. The summed E-state index contributed by atoms with van der Waals surface area (Å²) in [6, 6.07) is 24.0. The van der Waals surface area contributed by atoms with Gasteiger partial charge >= 0.3 is 6.03 Å². The number of urea groups is 1. The standard InChI is InChI=1S/C31H32N4O3S/c1-21-12-14-24(15-13-21)28(36)25-16-18-26(19-17-25)38-31(3,4)22(2)33-35(6)30(37)34(5)29-32-27(20-39-29)23-10-8-7-9-11-23/h7-20,33H,2H2,1,3-6H3. The van der Waals surface area contributed by atoms with E-state index in [0.29, 0.717) is 27.7 Å². The second kappa shape index (κ2) is 11.5. The van der Waals surface area contributed by atoms with Crippen molar-refractivity contribution in [1.29, 1.82) is 0 Å². The van der Waals surface area contributed by atoms with Crippen molar-refractivity contribution in [3.05, 3.63) is 113 Å². The molecule has 200 valence electrons. The lowest BCUT2D eigenvalue weighted by molar-refractivity contribution is 0.103. The van der Waals surface area contributed by atoms with Crippen LogP contribution < -0.4 is 15.1 Å². The second-order valence-corrected chi connectivity index (χ2v) is 10.5. The zero-order valence-corrected chi connectivity index (χ0v) is 23.6. The van der Waals surface area contributed by atoms with E-state index in [1.54, 1.807) is 38.4 Å². The summed E-state index contributed by atoms with van der Waals surface area (Å²) in [7, 11) is 3.30. The Kier molecular flexibility index (Phi) is 8.16. The minimum absolute atomic E-state index is 0.0488. The highest BCUT2D eigenvalue weighted by molar-refractivity contribution is 7.14. The fourth-order valence-corrected chi connectivity index (χ4v) is 4.55. The van der Waals surface area contributed by atoms with Crippen LogP contribution in [0, 0.1) is 6.92 Å². The van der Waals surface area contributed by atoms with Gasteiger partial charge in [-0.15, -0.1) is 11.3 Å². The first-order chi connectivity index (χ1) is 18.5. The molecule has 0 saturated carbocycles. The number of ether oxygens (including phenoxy) is 1. The van der Waals surface area contributed by atoms with E-state index in [-0.39, 0.29) is 11.8 Å². The largest absolute Gasteiger partial charge is 0.482 e. The Labute approximate surface area is 233 Å². The fourth-order valence-electron chi connectivity index (χ4n) is 3.75. The molecule has 39 heavy (non-hydrogen) atoms. The van der Waals surface area contributed by atoms with Crippen LogP contribution in [0.4, 0.5) is 9.93 Å². The first-order valence-electron chi connectivity index (χ1n) is 12.4. The van der Waals surface area contributed by atoms with Gasteiger partial charge in [-0.25, -0.2) is 14.8 Å². The van der Waals surface area contributed by atoms with E-state index in [1.165, 1.54) is 21.2 Å². The predicted octanol–water partition coefficient (Wildman–Crippen LogP) is 6.71. The number of hydrogen-bond acceptors (Lipinski definition) is 6. The summed E-state index contributed by atoms with van der Waals surface area (Å²) in [5.74, 6) is 0.526. The van der Waals surface area contributed by atoms with Crippen LogP contribution in [0.3, 0.4) is 0 Å². The zero-order valence-electron chi connectivity index (χ0n) is 22.8. The molecule has 0 saturated heterocycles. The number of aryl methyl sites for hydroxylation is 1. The molecule has 1 heterocycles. The molecule has 0 fully saturated rings. The summed E-state index contributed by atoms with van der Waals surface area (Å²) in [5.41, 5.74) is 6.77. The van der Waals surface area contributed by atoms with Crippen LogP contribution in [-0.2, 0) is 0 Å². The number of carbonyl (C=O) groups is 2. The number of thiazole rings is 1. The molecule has 0 radical (unpaired) electrons. The minimum atomic E-state index is -0.864. The lowest BCUT2D eigenvalue weighted by Crippen LogP contribution is -2.50. The Morgan fingerprint density at radius 1 is 0.923 bits per heavy atom. The Balaban J connectivity index is 1.36. The van der Waals surface area contributed by atoms with E-state index in [4.69, 9.17) is 4.74 Å². The number of nitrogens with one attached hydrogen (secondary N) is 1. The third kappa shape index (κ3) is 6.53. The average Bonchev–Trinajstić information content (AvgIpc) is 3.43. The van der Waals surface area contributed by atoms with Gasteiger partial charge in [-0.05, 0) is 45.0 Å². The number of anilines is 1. The Morgan fingerprint density at radius 2 is 1.51 bits per heavy atom. The highest BCUT2D eigenvalue weighted by Gasteiger charge is 2.28. The van der Waals surface area contributed by atoms with Crippen molar-refractivity contribution in [3.63, 3.8) is 0 Å². The molecule has 0 aliphatic heterocycles. The van der Waals surface area contributed by atoms with Gasteiger partial charge in [0.1, 0.15) is 11.4 Å². The number of amides is 2. The van der Waals surface area contributed by atoms with Crippen molar-refractivity contribution in [3.8, 4) is 17.0 Å². The van der Waals surface area contributed by atoms with Crippen molar-refractivity contribution in [2.45, 2.75) is 26.4 Å². The first-order valence-corrected chi connectivity index (χ1v) is 13.3. The molecule has 0 bridgehead atoms. The van der Waals surface area contributed by atoms with Gasteiger partial charge in [0.05, 0.1) is 11.4 Å². The molecule has 1 N–H and O–H groups in total. The van der Waals surface area contributed by atoms with Crippen molar-refractivity contribution < 1.29 is 14.3 Å². The maximum atomic E-state index is 13.1. The van der Waals surface area contributed by atoms with Crippen molar-refractivity contribution in [1.82, 2.24) is 15.4 Å². The summed E-state index contributed by atoms with van der Waals surface area (Å²) in [6.45, 7) is 9.78. The maximum Gasteiger partial charge on any atom is 0.344 e. The van der Waals surface area contributed by atoms with E-state index < -0.39 is 5.60 Å². The van der Waals surface area contributed by atoms with Crippen LogP contribution in [0.1, 0.15) is 35.3 Å². The van der Waals surface area contributed by atoms with Gasteiger partial charge in [-0.1, -0.05) is 66.7 Å². The van der Waals surface area contributed by atoms with Crippen LogP contribution in [-0.4, -0.2) is 41.5 Å². The Hall–Kier alpha value is -4.43. The number of nitrogens with zero attached hydrogens (tertiary/aromatic N) is 3. The van der Waals surface area contributed by atoms with Crippen LogP contribution in [0.25, 0.3) is 11.3 Å². The quantitative estimate of drug-likeness (QED) is 0.189. The molecule has 4 aromatic rings. The first kappa shape index (κ1) is 27.6. The van der Waals surface area contributed by atoms with Gasteiger partial charge in [-0.2, -0.15) is 0 Å². The Morgan fingerprint density at radius 3 is 2.13 bits per heavy atom. The molecule has 0 unspecified atom stereocenters. The third-order valence-corrected chi connectivity index (χ3v) is 7.17. The smallest absolute Gasteiger partial charge is 0.344 e. The minimum Gasteiger partial charge on any atom is -0.482 e. The molecule has 0 spiro atoms. The van der Waals surface area contributed by atoms with Gasteiger partial charge in [0.2, 0.25) is 0 Å². The van der Waals surface area contributed by atoms with Gasteiger partial charge in [0.15, 0.2) is 10.9 Å². The predicted molar refractivity (Wildman–Crippen MR) is 157 cm³/mol. The van der Waals surface area contributed by atoms with E-state index in [0.717, 1.165) is 16.8 Å². The van der Waals surface area contributed by atoms with Gasteiger partial charge in [0.25, 0.3) is 0 Å². The summed E-state index contributed by atoms with van der Waals surface area (Å²) >= 11 is 1.40. The molecular weight excluding hydrogens is 508 g/mol. The summed E-state index contributed by atoms with van der Waals surface area (Å²) in [4.78, 5) is 31.9.